The molecule has 0 aromatic heterocycles. The molecule has 1 aliphatic rings. The molecule has 4 nitrogen and oxygen atoms in total. The van der Waals surface area contributed by atoms with Crippen LogP contribution in [0, 0.1) is 0 Å². The van der Waals surface area contributed by atoms with Gasteiger partial charge in [0, 0.05) is 32.2 Å². The summed E-state index contributed by atoms with van der Waals surface area (Å²) in [6.07, 6.45) is 2.89. The van der Waals surface area contributed by atoms with Gasteiger partial charge in [-0.2, -0.15) is 0 Å². The van der Waals surface area contributed by atoms with Crippen molar-refractivity contribution >= 4 is 5.91 Å². The Hall–Kier alpha value is -0.610. The molecule has 15 heavy (non-hydrogen) atoms. The van der Waals surface area contributed by atoms with Gasteiger partial charge in [-0.3, -0.25) is 4.79 Å². The molecular formula is C11H22N2O2. The summed E-state index contributed by atoms with van der Waals surface area (Å²) in [6, 6.07) is 0.420. The number of hydrogen-bond acceptors (Lipinski definition) is 3. The molecule has 1 rings (SSSR count). The average molecular weight is 214 g/mol. The number of hydrogen-bond donors (Lipinski definition) is 2. The minimum atomic E-state index is 0.135. The zero-order valence-corrected chi connectivity index (χ0v) is 9.71. The van der Waals surface area contributed by atoms with Gasteiger partial charge in [0.2, 0.25) is 5.91 Å². The molecule has 2 atom stereocenters. The van der Waals surface area contributed by atoms with Crippen LogP contribution >= 0.6 is 0 Å². The maximum atomic E-state index is 11.3. The highest BCUT2D eigenvalue weighted by molar-refractivity contribution is 5.75. The molecule has 1 amide bonds. The van der Waals surface area contributed by atoms with Crippen molar-refractivity contribution in [3.8, 4) is 0 Å². The van der Waals surface area contributed by atoms with Crippen LogP contribution in [0.3, 0.4) is 0 Å². The lowest BCUT2D eigenvalue weighted by atomic mass is 10.1. The molecule has 1 heterocycles. The van der Waals surface area contributed by atoms with Crippen LogP contribution in [0.15, 0.2) is 0 Å². The van der Waals surface area contributed by atoms with Gasteiger partial charge >= 0.3 is 0 Å². The maximum Gasteiger partial charge on any atom is 0.221 e. The fourth-order valence-corrected chi connectivity index (χ4v) is 1.72. The molecule has 0 bridgehead atoms. The highest BCUT2D eigenvalue weighted by Gasteiger charge is 2.23. The molecular weight excluding hydrogens is 192 g/mol. The maximum absolute atomic E-state index is 11.3. The minimum absolute atomic E-state index is 0.135. The summed E-state index contributed by atoms with van der Waals surface area (Å²) in [4.78, 5) is 11.3. The molecule has 1 fully saturated rings. The Labute approximate surface area is 91.8 Å². The van der Waals surface area contributed by atoms with Crippen molar-refractivity contribution in [3.63, 3.8) is 0 Å². The van der Waals surface area contributed by atoms with Crippen molar-refractivity contribution in [2.24, 2.45) is 0 Å². The summed E-state index contributed by atoms with van der Waals surface area (Å²) in [5.41, 5.74) is 0. The van der Waals surface area contributed by atoms with E-state index in [2.05, 4.69) is 24.5 Å². The minimum Gasteiger partial charge on any atom is -0.377 e. The zero-order chi connectivity index (χ0) is 11.1. The van der Waals surface area contributed by atoms with E-state index in [1.807, 2.05) is 0 Å². The number of rotatable bonds is 6. The van der Waals surface area contributed by atoms with Gasteiger partial charge in [0.05, 0.1) is 6.10 Å². The first kappa shape index (κ1) is 12.5. The van der Waals surface area contributed by atoms with E-state index in [1.54, 1.807) is 0 Å². The normalized spacial score (nSPS) is 25.5. The lowest BCUT2D eigenvalue weighted by molar-refractivity contribution is -0.121. The van der Waals surface area contributed by atoms with Gasteiger partial charge in [0.25, 0.3) is 0 Å². The van der Waals surface area contributed by atoms with E-state index in [0.29, 0.717) is 12.5 Å². The lowest BCUT2D eigenvalue weighted by Crippen LogP contribution is -2.37. The van der Waals surface area contributed by atoms with Gasteiger partial charge < -0.3 is 15.4 Å². The Kier molecular flexibility index (Phi) is 5.65. The number of carbonyl (C=O) groups excluding carboxylic acids is 1. The lowest BCUT2D eigenvalue weighted by Gasteiger charge is -2.15. The first-order valence-electron chi connectivity index (χ1n) is 5.85. The molecule has 2 unspecified atom stereocenters. The van der Waals surface area contributed by atoms with E-state index in [9.17, 15) is 4.79 Å². The Morgan fingerprint density at radius 1 is 1.47 bits per heavy atom. The molecule has 1 aliphatic heterocycles. The van der Waals surface area contributed by atoms with Gasteiger partial charge in [0.1, 0.15) is 0 Å². The zero-order valence-electron chi connectivity index (χ0n) is 9.71. The first-order valence-corrected chi connectivity index (χ1v) is 5.85. The fourth-order valence-electron chi connectivity index (χ4n) is 1.72. The fraction of sp³-hybridized carbons (Fsp3) is 0.909. The van der Waals surface area contributed by atoms with Gasteiger partial charge in [-0.25, -0.2) is 0 Å². The topological polar surface area (TPSA) is 50.4 Å². The van der Waals surface area contributed by atoms with Crippen LogP contribution in [-0.4, -0.2) is 37.7 Å². The summed E-state index contributed by atoms with van der Waals surface area (Å²) in [5, 5.41) is 6.21. The smallest absolute Gasteiger partial charge is 0.221 e. The molecule has 0 aromatic rings. The average Bonchev–Trinajstić information content (AvgIpc) is 2.61. The van der Waals surface area contributed by atoms with Gasteiger partial charge in [-0.05, 0) is 19.8 Å². The van der Waals surface area contributed by atoms with Crippen LogP contribution in [0.5, 0.6) is 0 Å². The predicted octanol–water partition coefficient (Wildman–Crippen LogP) is 0.670. The van der Waals surface area contributed by atoms with Crippen LogP contribution < -0.4 is 10.6 Å². The summed E-state index contributed by atoms with van der Waals surface area (Å²) < 4.78 is 5.42. The SMILES string of the molecule is CCCNC(=O)CCNC1CCOC1C. The molecule has 2 N–H and O–H groups in total. The van der Waals surface area contributed by atoms with E-state index in [-0.39, 0.29) is 12.0 Å². The number of ether oxygens (including phenoxy) is 1. The molecule has 0 spiro atoms. The van der Waals surface area contributed by atoms with Crippen molar-refractivity contribution in [1.82, 2.24) is 10.6 Å². The standard InChI is InChI=1S/C11H22N2O2/c1-3-6-13-11(14)4-7-12-10-5-8-15-9(10)2/h9-10,12H,3-8H2,1-2H3,(H,13,14). The van der Waals surface area contributed by atoms with Gasteiger partial charge in [-0.1, -0.05) is 6.92 Å². The van der Waals surface area contributed by atoms with Crippen LogP contribution in [0.25, 0.3) is 0 Å². The Morgan fingerprint density at radius 3 is 2.87 bits per heavy atom. The molecule has 4 heteroatoms. The second kappa shape index (κ2) is 6.80. The third-order valence-electron chi connectivity index (χ3n) is 2.71. The van der Waals surface area contributed by atoms with Crippen molar-refractivity contribution in [2.75, 3.05) is 19.7 Å². The summed E-state index contributed by atoms with van der Waals surface area (Å²) in [6.45, 7) is 6.48. The molecule has 0 radical (unpaired) electrons. The van der Waals surface area contributed by atoms with Crippen molar-refractivity contribution in [3.05, 3.63) is 0 Å². The summed E-state index contributed by atoms with van der Waals surface area (Å²) in [5.74, 6) is 0.135. The molecule has 0 aromatic carbocycles. The predicted molar refractivity (Wildman–Crippen MR) is 59.7 cm³/mol. The molecule has 0 aliphatic carbocycles. The largest absolute Gasteiger partial charge is 0.377 e. The van der Waals surface area contributed by atoms with E-state index in [4.69, 9.17) is 4.74 Å². The Bertz CT molecular complexity index is 197. The molecule has 1 saturated heterocycles. The highest BCUT2D eigenvalue weighted by Crippen LogP contribution is 2.11. The number of amides is 1. The van der Waals surface area contributed by atoms with Crippen LogP contribution in [-0.2, 0) is 9.53 Å². The molecule has 0 saturated carbocycles. The van der Waals surface area contributed by atoms with Gasteiger partial charge in [-0.15, -0.1) is 0 Å². The number of carbonyl (C=O) groups is 1. The van der Waals surface area contributed by atoms with Crippen molar-refractivity contribution in [2.45, 2.75) is 45.3 Å². The van der Waals surface area contributed by atoms with Gasteiger partial charge in [0.15, 0.2) is 0 Å². The Balaban J connectivity index is 2.02. The third-order valence-corrected chi connectivity index (χ3v) is 2.71. The quantitative estimate of drug-likeness (QED) is 0.683. The first-order chi connectivity index (χ1) is 7.24. The van der Waals surface area contributed by atoms with Crippen molar-refractivity contribution in [1.29, 1.82) is 0 Å². The highest BCUT2D eigenvalue weighted by atomic mass is 16.5. The Morgan fingerprint density at radius 2 is 2.27 bits per heavy atom. The molecule has 88 valence electrons. The monoisotopic (exact) mass is 214 g/mol. The summed E-state index contributed by atoms with van der Waals surface area (Å²) in [7, 11) is 0. The van der Waals surface area contributed by atoms with Crippen molar-refractivity contribution < 1.29 is 9.53 Å². The van der Waals surface area contributed by atoms with E-state index in [1.165, 1.54) is 0 Å². The second-order valence-corrected chi connectivity index (χ2v) is 4.03. The van der Waals surface area contributed by atoms with E-state index < -0.39 is 0 Å². The van der Waals surface area contributed by atoms with E-state index >= 15 is 0 Å². The summed E-state index contributed by atoms with van der Waals surface area (Å²) >= 11 is 0. The van der Waals surface area contributed by atoms with E-state index in [0.717, 1.165) is 32.5 Å². The van der Waals surface area contributed by atoms with Crippen LogP contribution in [0.4, 0.5) is 0 Å². The number of nitrogens with one attached hydrogen (secondary N) is 2. The third kappa shape index (κ3) is 4.62. The second-order valence-electron chi connectivity index (χ2n) is 4.03. The van der Waals surface area contributed by atoms with Crippen LogP contribution in [0.2, 0.25) is 0 Å². The van der Waals surface area contributed by atoms with Crippen LogP contribution in [0.1, 0.15) is 33.1 Å².